The van der Waals surface area contributed by atoms with E-state index in [1.165, 1.54) is 22.7 Å². The van der Waals surface area contributed by atoms with E-state index in [4.69, 9.17) is 23.2 Å². The number of amides is 1. The first kappa shape index (κ1) is 28.7. The van der Waals surface area contributed by atoms with Crippen LogP contribution in [0, 0.1) is 0 Å². The number of piperazine rings is 1. The van der Waals surface area contributed by atoms with Gasteiger partial charge in [-0.1, -0.05) is 41.4 Å². The lowest BCUT2D eigenvalue weighted by Gasteiger charge is -2.36. The minimum atomic E-state index is -4.48. The second kappa shape index (κ2) is 11.3. The van der Waals surface area contributed by atoms with E-state index in [1.807, 2.05) is 0 Å². The van der Waals surface area contributed by atoms with Gasteiger partial charge in [-0.15, -0.1) is 0 Å². The molecule has 2 aromatic carbocycles. The zero-order chi connectivity index (χ0) is 26.7. The molecule has 1 aliphatic heterocycles. The fraction of sp³-hybridized carbons (Fsp3) is 0.458. The lowest BCUT2D eigenvalue weighted by Crippen LogP contribution is -2.50. The molecule has 1 heterocycles. The van der Waals surface area contributed by atoms with Crippen molar-refractivity contribution >= 4 is 39.1 Å². The van der Waals surface area contributed by atoms with Gasteiger partial charge in [0.1, 0.15) is 0 Å². The van der Waals surface area contributed by atoms with Crippen LogP contribution in [0.3, 0.4) is 0 Å². The summed E-state index contributed by atoms with van der Waals surface area (Å²) in [6, 6.07) is 9.75. The van der Waals surface area contributed by atoms with Crippen LogP contribution in [0.25, 0.3) is 0 Å². The highest BCUT2D eigenvalue weighted by Crippen LogP contribution is 2.34. The molecule has 0 saturated carbocycles. The number of hydrogen-bond acceptors (Lipinski definition) is 4. The van der Waals surface area contributed by atoms with Crippen LogP contribution in [0.2, 0.25) is 10.0 Å². The van der Waals surface area contributed by atoms with Crippen molar-refractivity contribution in [2.24, 2.45) is 0 Å². The van der Waals surface area contributed by atoms with E-state index in [-0.39, 0.29) is 17.5 Å². The Morgan fingerprint density at radius 3 is 2.25 bits per heavy atom. The third-order valence-corrected chi connectivity index (χ3v) is 8.54. The largest absolute Gasteiger partial charge is 0.416 e. The fourth-order valence-corrected chi connectivity index (χ4v) is 5.25. The number of hydrogen-bond donors (Lipinski definition) is 1. The van der Waals surface area contributed by atoms with Crippen LogP contribution in [-0.2, 0) is 33.0 Å². The van der Waals surface area contributed by atoms with Gasteiger partial charge in [0.05, 0.1) is 27.3 Å². The summed E-state index contributed by atoms with van der Waals surface area (Å²) >= 11 is 12.3. The summed E-state index contributed by atoms with van der Waals surface area (Å²) in [5, 5.41) is 3.40. The Hall–Kier alpha value is -1.85. The van der Waals surface area contributed by atoms with Crippen LogP contribution in [0.4, 0.5) is 13.2 Å². The van der Waals surface area contributed by atoms with E-state index < -0.39 is 27.2 Å². The normalized spacial score (nSPS) is 17.5. The summed E-state index contributed by atoms with van der Waals surface area (Å²) < 4.78 is 64.2. The molecular weight excluding hydrogens is 538 g/mol. The van der Waals surface area contributed by atoms with Crippen LogP contribution >= 0.6 is 23.2 Å². The van der Waals surface area contributed by atoms with Crippen molar-refractivity contribution in [1.82, 2.24) is 14.5 Å². The number of carbonyl (C=O) groups excluding carboxylic acids is 1. The number of nitrogens with one attached hydrogen (secondary N) is 1. The zero-order valence-electron chi connectivity index (χ0n) is 19.9. The van der Waals surface area contributed by atoms with Crippen molar-refractivity contribution in [2.75, 3.05) is 39.0 Å². The van der Waals surface area contributed by atoms with Crippen molar-refractivity contribution in [3.05, 3.63) is 69.2 Å². The highest BCUT2D eigenvalue weighted by molar-refractivity contribution is 7.88. The zero-order valence-corrected chi connectivity index (χ0v) is 22.2. The average Bonchev–Trinajstić information content (AvgIpc) is 2.82. The second-order valence-electron chi connectivity index (χ2n) is 9.10. The molecule has 1 aliphatic rings. The number of benzene rings is 2. The van der Waals surface area contributed by atoms with Gasteiger partial charge in [0, 0.05) is 32.7 Å². The first-order chi connectivity index (χ1) is 16.7. The molecule has 2 aromatic rings. The molecule has 198 valence electrons. The molecule has 12 heteroatoms. The Bertz CT molecular complexity index is 1200. The predicted octanol–water partition coefficient (Wildman–Crippen LogP) is 4.55. The predicted molar refractivity (Wildman–Crippen MR) is 135 cm³/mol. The van der Waals surface area contributed by atoms with Gasteiger partial charge < -0.3 is 10.2 Å². The van der Waals surface area contributed by atoms with Crippen molar-refractivity contribution in [1.29, 1.82) is 0 Å². The number of sulfonamides is 1. The van der Waals surface area contributed by atoms with Gasteiger partial charge in [0.25, 0.3) is 0 Å². The second-order valence-corrected chi connectivity index (χ2v) is 11.9. The SMILES string of the molecule is CC(CCN1CCN(S(C)(=O)=O)CC1)(C(=O)NCc1cccc(C(F)(F)F)c1)c1ccc(Cl)c(Cl)c1. The molecule has 6 nitrogen and oxygen atoms in total. The minimum Gasteiger partial charge on any atom is -0.351 e. The van der Waals surface area contributed by atoms with E-state index in [1.54, 1.807) is 25.1 Å². The highest BCUT2D eigenvalue weighted by atomic mass is 35.5. The average molecular weight is 566 g/mol. The molecule has 36 heavy (non-hydrogen) atoms. The molecule has 1 atom stereocenters. The smallest absolute Gasteiger partial charge is 0.351 e. The molecule has 0 radical (unpaired) electrons. The topological polar surface area (TPSA) is 69.7 Å². The Balaban J connectivity index is 1.76. The van der Waals surface area contributed by atoms with Crippen LogP contribution in [0.1, 0.15) is 30.0 Å². The van der Waals surface area contributed by atoms with Crippen molar-refractivity contribution in [3.8, 4) is 0 Å². The molecule has 1 saturated heterocycles. The van der Waals surface area contributed by atoms with Crippen molar-refractivity contribution in [3.63, 3.8) is 0 Å². The van der Waals surface area contributed by atoms with Gasteiger partial charge in [-0.05, 0) is 55.3 Å². The number of nitrogens with zero attached hydrogens (tertiary/aromatic N) is 2. The number of rotatable bonds is 8. The summed E-state index contributed by atoms with van der Waals surface area (Å²) in [5.74, 6) is -0.368. The maximum absolute atomic E-state index is 13.5. The molecule has 0 aromatic heterocycles. The Labute approximate surface area is 219 Å². The molecule has 3 rings (SSSR count). The van der Waals surface area contributed by atoms with Gasteiger partial charge in [0.2, 0.25) is 15.9 Å². The highest BCUT2D eigenvalue weighted by Gasteiger charge is 2.37. The molecular formula is C24H28Cl2F3N3O3S. The third-order valence-electron chi connectivity index (χ3n) is 6.49. The van der Waals surface area contributed by atoms with Gasteiger partial charge in [-0.2, -0.15) is 17.5 Å². The van der Waals surface area contributed by atoms with Crippen LogP contribution in [-0.4, -0.2) is 62.5 Å². The molecule has 0 bridgehead atoms. The van der Waals surface area contributed by atoms with Crippen LogP contribution in [0.15, 0.2) is 42.5 Å². The first-order valence-corrected chi connectivity index (χ1v) is 13.9. The summed E-state index contributed by atoms with van der Waals surface area (Å²) in [5.41, 5.74) is -0.904. The fourth-order valence-electron chi connectivity index (χ4n) is 4.13. The number of alkyl halides is 3. The quantitative estimate of drug-likeness (QED) is 0.509. The van der Waals surface area contributed by atoms with Crippen LogP contribution < -0.4 is 5.32 Å². The van der Waals surface area contributed by atoms with Crippen molar-refractivity contribution < 1.29 is 26.4 Å². The molecule has 0 aliphatic carbocycles. The van der Waals surface area contributed by atoms with Gasteiger partial charge >= 0.3 is 6.18 Å². The van der Waals surface area contributed by atoms with E-state index in [9.17, 15) is 26.4 Å². The maximum Gasteiger partial charge on any atom is 0.416 e. The number of halogens is 5. The van der Waals surface area contributed by atoms with E-state index >= 15 is 0 Å². The maximum atomic E-state index is 13.5. The summed E-state index contributed by atoms with van der Waals surface area (Å²) in [6.07, 6.45) is -2.92. The van der Waals surface area contributed by atoms with Gasteiger partial charge in [-0.3, -0.25) is 4.79 Å². The Morgan fingerprint density at radius 2 is 1.67 bits per heavy atom. The first-order valence-electron chi connectivity index (χ1n) is 11.3. The Morgan fingerprint density at radius 1 is 1.00 bits per heavy atom. The minimum absolute atomic E-state index is 0.0767. The number of carbonyl (C=O) groups is 1. The van der Waals surface area contributed by atoms with E-state index in [0.29, 0.717) is 55.3 Å². The van der Waals surface area contributed by atoms with E-state index in [2.05, 4.69) is 10.2 Å². The van der Waals surface area contributed by atoms with Gasteiger partial charge in [-0.25, -0.2) is 8.42 Å². The Kier molecular flexibility index (Phi) is 8.99. The lowest BCUT2D eigenvalue weighted by atomic mass is 9.78. The summed E-state index contributed by atoms with van der Waals surface area (Å²) in [7, 11) is -3.26. The molecule has 1 unspecified atom stereocenters. The summed E-state index contributed by atoms with van der Waals surface area (Å²) in [6.45, 7) is 3.96. The molecule has 1 amide bonds. The summed E-state index contributed by atoms with van der Waals surface area (Å²) in [4.78, 5) is 15.5. The molecule has 1 fully saturated rings. The van der Waals surface area contributed by atoms with Gasteiger partial charge in [0.15, 0.2) is 0 Å². The monoisotopic (exact) mass is 565 g/mol. The third kappa shape index (κ3) is 7.13. The standard InChI is InChI=1S/C24H28Cl2F3N3O3S/c1-23(18-6-7-20(25)21(26)15-18,8-9-31-10-12-32(13-11-31)36(2,34)35)22(33)30-16-17-4-3-5-19(14-17)24(27,28)29/h3-7,14-15H,8-13,16H2,1-2H3,(H,30,33). The lowest BCUT2D eigenvalue weighted by molar-refractivity contribution is -0.137. The van der Waals surface area contributed by atoms with Crippen molar-refractivity contribution in [2.45, 2.75) is 31.5 Å². The van der Waals surface area contributed by atoms with E-state index in [0.717, 1.165) is 12.1 Å². The molecule has 1 N–H and O–H groups in total. The van der Waals surface area contributed by atoms with Crippen LogP contribution in [0.5, 0.6) is 0 Å². The molecule has 0 spiro atoms.